The van der Waals surface area contributed by atoms with E-state index in [0.717, 1.165) is 90.0 Å². The Morgan fingerprint density at radius 2 is 1.59 bits per heavy atom. The van der Waals surface area contributed by atoms with Gasteiger partial charge in [0.25, 0.3) is 0 Å². The van der Waals surface area contributed by atoms with Gasteiger partial charge in [-0.2, -0.15) is 18.2 Å². The fourth-order valence-electron chi connectivity index (χ4n) is 10.7. The van der Waals surface area contributed by atoms with E-state index in [1.54, 1.807) is 45.1 Å². The molecule has 2 amide bonds. The van der Waals surface area contributed by atoms with Crippen LogP contribution in [-0.4, -0.2) is 132 Å². The molecule has 9 rings (SSSR count). The number of nitrogens with one attached hydrogen (secondary N) is 3. The molecule has 16 nitrogen and oxygen atoms in total. The highest BCUT2D eigenvalue weighted by Gasteiger charge is 2.41. The van der Waals surface area contributed by atoms with E-state index in [1.165, 1.54) is 17.3 Å². The Labute approximate surface area is 420 Å². The molecular formula is C50H61BrF3N12O4P. The molecule has 4 aliphatic rings. The summed E-state index contributed by atoms with van der Waals surface area (Å²) in [6.45, 7) is 13.9. The Hall–Kier alpha value is -5.43. The number of carbonyl (C=O) groups is 2. The van der Waals surface area contributed by atoms with E-state index in [0.29, 0.717) is 69.1 Å². The predicted molar refractivity (Wildman–Crippen MR) is 274 cm³/mol. The number of halogens is 4. The molecule has 7 heterocycles. The third-order valence-corrected chi connectivity index (χ3v) is 16.6. The van der Waals surface area contributed by atoms with Gasteiger partial charge < -0.3 is 34.6 Å². The number of anilines is 6. The number of ether oxygens (including phenoxy) is 1. The van der Waals surface area contributed by atoms with Gasteiger partial charge >= 0.3 is 6.18 Å². The van der Waals surface area contributed by atoms with Crippen LogP contribution in [0.25, 0.3) is 11.0 Å². The van der Waals surface area contributed by atoms with Crippen LogP contribution in [0.1, 0.15) is 74.6 Å². The molecule has 1 unspecified atom stereocenters. The van der Waals surface area contributed by atoms with Crippen molar-refractivity contribution >= 4 is 85.9 Å². The summed E-state index contributed by atoms with van der Waals surface area (Å²) in [6, 6.07) is 11.4. The highest BCUT2D eigenvalue weighted by molar-refractivity contribution is 9.10. The molecule has 0 radical (unpaired) electrons. The zero-order chi connectivity index (χ0) is 50.0. The molecule has 0 aliphatic carbocycles. The molecule has 4 fully saturated rings. The van der Waals surface area contributed by atoms with Crippen molar-refractivity contribution in [2.24, 2.45) is 5.92 Å². The summed E-state index contributed by atoms with van der Waals surface area (Å²) >= 11 is 3.59. The van der Waals surface area contributed by atoms with Crippen LogP contribution in [0.15, 0.2) is 59.5 Å². The number of aromatic nitrogens is 5. The van der Waals surface area contributed by atoms with E-state index in [9.17, 15) is 27.3 Å². The first-order valence-corrected chi connectivity index (χ1v) is 27.9. The van der Waals surface area contributed by atoms with E-state index in [1.807, 2.05) is 17.0 Å². The maximum atomic E-state index is 14.2. The third kappa shape index (κ3) is 11.5. The summed E-state index contributed by atoms with van der Waals surface area (Å²) in [7, 11) is -1.12. The number of pyridine rings is 1. The number of benzene rings is 2. The number of piperazine rings is 1. The van der Waals surface area contributed by atoms with Gasteiger partial charge in [-0.3, -0.25) is 29.8 Å². The number of imide groups is 1. The Morgan fingerprint density at radius 3 is 2.28 bits per heavy atom. The molecule has 4 saturated heterocycles. The van der Waals surface area contributed by atoms with Crippen LogP contribution in [0.3, 0.4) is 0 Å². The molecule has 0 bridgehead atoms. The van der Waals surface area contributed by atoms with Crippen molar-refractivity contribution in [2.45, 2.75) is 76.4 Å². The number of hydrogen-bond acceptors (Lipinski definition) is 15. The van der Waals surface area contributed by atoms with Gasteiger partial charge in [-0.25, -0.2) is 9.97 Å². The minimum Gasteiger partial charge on any atom is -0.494 e. The van der Waals surface area contributed by atoms with Crippen molar-refractivity contribution < 1.29 is 32.1 Å². The predicted octanol–water partition coefficient (Wildman–Crippen LogP) is 8.32. The zero-order valence-corrected chi connectivity index (χ0v) is 43.0. The largest absolute Gasteiger partial charge is 0.494 e. The Morgan fingerprint density at radius 1 is 0.859 bits per heavy atom. The average molecular weight is 1060 g/mol. The van der Waals surface area contributed by atoms with Crippen LogP contribution in [0.4, 0.5) is 47.8 Å². The molecule has 4 aliphatic heterocycles. The van der Waals surface area contributed by atoms with Gasteiger partial charge in [0.1, 0.15) is 30.0 Å². The van der Waals surface area contributed by atoms with Crippen LogP contribution in [0.2, 0.25) is 0 Å². The van der Waals surface area contributed by atoms with Gasteiger partial charge in [0.15, 0.2) is 5.69 Å². The number of alkyl halides is 3. The number of rotatable bonds is 14. The minimum absolute atomic E-state index is 0.000752. The Balaban J connectivity index is 0.752. The number of nitrogens with zero attached hydrogens (tertiary/aromatic N) is 9. The third-order valence-electron chi connectivity index (χ3n) is 14.5. The number of aryl methyl sites for hydroxylation is 1. The minimum atomic E-state index is -4.72. The Bertz CT molecular complexity index is 2810. The first-order chi connectivity index (χ1) is 34.1. The maximum Gasteiger partial charge on any atom is 0.433 e. The van der Waals surface area contributed by atoms with Crippen LogP contribution in [0, 0.1) is 5.92 Å². The summed E-state index contributed by atoms with van der Waals surface area (Å²) in [6.07, 6.45) is 6.00. The lowest BCUT2D eigenvalue weighted by molar-refractivity contribution is -0.142. The van der Waals surface area contributed by atoms with Gasteiger partial charge in [0.05, 0.1) is 39.7 Å². The molecule has 1 atom stereocenters. The second-order valence-corrected chi connectivity index (χ2v) is 23.3. The fourth-order valence-corrected chi connectivity index (χ4v) is 12.3. The van der Waals surface area contributed by atoms with Crippen LogP contribution in [-0.2, 0) is 26.8 Å². The zero-order valence-electron chi connectivity index (χ0n) is 40.6. The molecule has 21 heteroatoms. The SMILES string of the molecule is CCc1cc(Nc2ncc(Br)c(Nc3ccc4nccnc4c3P(C)(C)=O)n2)c(OC)cc1N1CCC(N2CCN(CCC3CCN(c4ccc(C5CCC(=O)NC5=O)c(C(F)(F)F)n4)CC3)CC2)CC1. The fraction of sp³-hybridized carbons (Fsp3) is 0.500. The van der Waals surface area contributed by atoms with Gasteiger partial charge in [0, 0.05) is 95.2 Å². The van der Waals surface area contributed by atoms with Crippen molar-refractivity contribution in [1.82, 2.24) is 40.0 Å². The highest BCUT2D eigenvalue weighted by Crippen LogP contribution is 2.43. The van der Waals surface area contributed by atoms with E-state index in [4.69, 9.17) is 9.72 Å². The lowest BCUT2D eigenvalue weighted by Gasteiger charge is -2.44. The van der Waals surface area contributed by atoms with E-state index < -0.39 is 36.7 Å². The van der Waals surface area contributed by atoms with E-state index in [-0.39, 0.29) is 24.2 Å². The second kappa shape index (κ2) is 21.3. The maximum absolute atomic E-state index is 14.2. The lowest BCUT2D eigenvalue weighted by atomic mass is 9.89. The number of amides is 2. The molecule has 0 saturated carbocycles. The van der Waals surface area contributed by atoms with E-state index in [2.05, 4.69) is 85.6 Å². The standard InChI is InChI=1S/C50H61BrF3N12O4P/c1-5-32-28-39(59-49-57-30-36(51)47(62-49)58-38-9-8-37-44(56-18-17-55-37)45(38)71(3,4)69)41(70-2)29-40(32)65-22-15-33(16-23-65)64-26-24-63(25-27-64)19-12-31-13-20-66(21-14-31)42-10-6-34(46(60-42)50(52,53)54)35-7-11-43(67)61-48(35)68/h6,8-10,17-18,28-31,33,35H,5,7,11-16,19-27H2,1-4H3,(H,61,67,68)(H2,57,58,59,62). The number of methoxy groups -OCH3 is 1. The quantitative estimate of drug-likeness (QED) is 0.0715. The Kier molecular flexibility index (Phi) is 15.2. The summed E-state index contributed by atoms with van der Waals surface area (Å²) in [5.41, 5.74) is 3.78. The lowest BCUT2D eigenvalue weighted by Crippen LogP contribution is -2.53. The first kappa shape index (κ1) is 50.5. The van der Waals surface area contributed by atoms with Gasteiger partial charge in [0.2, 0.25) is 17.8 Å². The monoisotopic (exact) mass is 1060 g/mol. The topological polar surface area (TPSA) is 174 Å². The van der Waals surface area contributed by atoms with Crippen molar-refractivity contribution in [2.75, 3.05) is 99.8 Å². The first-order valence-electron chi connectivity index (χ1n) is 24.5. The molecular weight excluding hydrogens is 1000 g/mol. The van der Waals surface area contributed by atoms with Gasteiger partial charge in [-0.05, 0) is 122 Å². The number of piperidine rings is 3. The van der Waals surface area contributed by atoms with Crippen molar-refractivity contribution in [3.8, 4) is 5.75 Å². The average Bonchev–Trinajstić information content (AvgIpc) is 3.36. The summed E-state index contributed by atoms with van der Waals surface area (Å²) < 4.78 is 62.8. The van der Waals surface area contributed by atoms with Crippen LogP contribution < -0.4 is 35.8 Å². The highest BCUT2D eigenvalue weighted by atomic mass is 79.9. The van der Waals surface area contributed by atoms with Crippen LogP contribution >= 0.6 is 23.1 Å². The van der Waals surface area contributed by atoms with E-state index >= 15 is 0 Å². The summed E-state index contributed by atoms with van der Waals surface area (Å²) in [5.74, 6) is 0.0871. The van der Waals surface area contributed by atoms with Gasteiger partial charge in [-0.1, -0.05) is 13.0 Å². The summed E-state index contributed by atoms with van der Waals surface area (Å²) in [4.78, 5) is 56.0. The smallest absolute Gasteiger partial charge is 0.433 e. The second-order valence-electron chi connectivity index (χ2n) is 19.3. The molecule has 71 heavy (non-hydrogen) atoms. The van der Waals surface area contributed by atoms with Crippen molar-refractivity contribution in [3.05, 3.63) is 76.3 Å². The van der Waals surface area contributed by atoms with Crippen molar-refractivity contribution in [1.29, 1.82) is 0 Å². The normalized spacial score (nSPS) is 19.3. The molecule has 3 aromatic heterocycles. The van der Waals surface area contributed by atoms with Crippen molar-refractivity contribution in [3.63, 3.8) is 0 Å². The molecule has 2 aromatic carbocycles. The molecule has 378 valence electrons. The summed E-state index contributed by atoms with van der Waals surface area (Å²) in [5, 5.41) is 9.54. The number of hydrogen-bond donors (Lipinski definition) is 3. The molecule has 0 spiro atoms. The molecule has 3 N–H and O–H groups in total. The van der Waals surface area contributed by atoms with Crippen LogP contribution in [0.5, 0.6) is 5.75 Å². The number of fused-ring (bicyclic) bond motifs is 1. The van der Waals surface area contributed by atoms with Gasteiger partial charge in [-0.15, -0.1) is 0 Å². The molecule has 5 aromatic rings. The number of carbonyl (C=O) groups excluding carboxylic acids is 2.